The molecule has 0 aromatic carbocycles. The molecule has 0 saturated heterocycles. The first-order valence-electron chi connectivity index (χ1n) is 6.44. The second-order valence-corrected chi connectivity index (χ2v) is 6.36. The molecular weight excluding hydrogens is 266 g/mol. The minimum atomic E-state index is -3.43. The first-order chi connectivity index (χ1) is 8.95. The smallest absolute Gasteiger partial charge is 0.242 e. The quantitative estimate of drug-likeness (QED) is 0.590. The molecular formula is C12H23N3O3S. The standard InChI is InChI=1S/C12H23N3O3S/c1-10(2)18-6-4-3-5-15-19(16,17)12-7-11(8-13)14-9-12/h7,9-10,14-15H,3-6,8,13H2,1-2H3. The summed E-state index contributed by atoms with van der Waals surface area (Å²) in [5, 5.41) is 0. The van der Waals surface area contributed by atoms with Crippen molar-refractivity contribution in [3.05, 3.63) is 18.0 Å². The van der Waals surface area contributed by atoms with Crippen molar-refractivity contribution in [1.82, 2.24) is 9.71 Å². The molecule has 4 N–H and O–H groups in total. The Morgan fingerprint density at radius 2 is 2.16 bits per heavy atom. The summed E-state index contributed by atoms with van der Waals surface area (Å²) in [6, 6.07) is 1.55. The van der Waals surface area contributed by atoms with Crippen LogP contribution in [0.1, 0.15) is 32.4 Å². The molecule has 7 heteroatoms. The number of sulfonamides is 1. The van der Waals surface area contributed by atoms with Gasteiger partial charge in [-0.1, -0.05) is 0 Å². The second kappa shape index (κ2) is 7.64. The largest absolute Gasteiger partial charge is 0.379 e. The molecule has 110 valence electrons. The van der Waals surface area contributed by atoms with Crippen LogP contribution in [0.2, 0.25) is 0 Å². The highest BCUT2D eigenvalue weighted by Gasteiger charge is 2.14. The lowest BCUT2D eigenvalue weighted by atomic mass is 10.3. The number of H-pyrrole nitrogens is 1. The van der Waals surface area contributed by atoms with Gasteiger partial charge < -0.3 is 15.5 Å². The van der Waals surface area contributed by atoms with E-state index >= 15 is 0 Å². The van der Waals surface area contributed by atoms with Crippen LogP contribution >= 0.6 is 0 Å². The maximum Gasteiger partial charge on any atom is 0.242 e. The molecule has 0 atom stereocenters. The molecule has 0 aliphatic heterocycles. The van der Waals surface area contributed by atoms with Crippen LogP contribution in [-0.4, -0.2) is 32.7 Å². The molecule has 1 aromatic heterocycles. The van der Waals surface area contributed by atoms with Crippen molar-refractivity contribution >= 4 is 10.0 Å². The fourth-order valence-corrected chi connectivity index (χ4v) is 2.62. The predicted molar refractivity (Wildman–Crippen MR) is 74.2 cm³/mol. The summed E-state index contributed by atoms with van der Waals surface area (Å²) in [5.74, 6) is 0. The van der Waals surface area contributed by atoms with Gasteiger partial charge in [0.05, 0.1) is 11.0 Å². The Morgan fingerprint density at radius 3 is 2.74 bits per heavy atom. The summed E-state index contributed by atoms with van der Waals surface area (Å²) in [6.07, 6.45) is 3.25. The number of aromatic amines is 1. The molecule has 0 spiro atoms. The normalized spacial score (nSPS) is 12.2. The lowest BCUT2D eigenvalue weighted by molar-refractivity contribution is 0.0762. The fraction of sp³-hybridized carbons (Fsp3) is 0.667. The van der Waals surface area contributed by atoms with Gasteiger partial charge in [0.15, 0.2) is 0 Å². The third kappa shape index (κ3) is 5.73. The summed E-state index contributed by atoms with van der Waals surface area (Å²) in [4.78, 5) is 3.05. The van der Waals surface area contributed by atoms with Gasteiger partial charge in [-0.3, -0.25) is 0 Å². The van der Waals surface area contributed by atoms with Gasteiger partial charge in [-0.2, -0.15) is 0 Å². The maximum atomic E-state index is 11.9. The number of aromatic nitrogens is 1. The number of ether oxygens (including phenoxy) is 1. The van der Waals surface area contributed by atoms with Crippen LogP contribution < -0.4 is 10.5 Å². The van der Waals surface area contributed by atoms with Crippen molar-refractivity contribution in [2.45, 2.75) is 44.2 Å². The molecule has 1 heterocycles. The summed E-state index contributed by atoms with van der Waals surface area (Å²) < 4.78 is 31.7. The van der Waals surface area contributed by atoms with Crippen molar-refractivity contribution in [2.24, 2.45) is 5.73 Å². The van der Waals surface area contributed by atoms with Crippen LogP contribution in [0.15, 0.2) is 17.2 Å². The zero-order valence-corrected chi connectivity index (χ0v) is 12.3. The molecule has 0 saturated carbocycles. The van der Waals surface area contributed by atoms with Crippen molar-refractivity contribution in [3.63, 3.8) is 0 Å². The van der Waals surface area contributed by atoms with Crippen LogP contribution in [0.5, 0.6) is 0 Å². The van der Waals surface area contributed by atoms with E-state index in [1.165, 1.54) is 6.20 Å². The van der Waals surface area contributed by atoms with E-state index in [9.17, 15) is 8.42 Å². The number of unbranched alkanes of at least 4 members (excludes halogenated alkanes) is 1. The summed E-state index contributed by atoms with van der Waals surface area (Å²) in [6.45, 7) is 5.31. The van der Waals surface area contributed by atoms with E-state index in [0.29, 0.717) is 25.4 Å². The van der Waals surface area contributed by atoms with Crippen molar-refractivity contribution < 1.29 is 13.2 Å². The highest BCUT2D eigenvalue weighted by Crippen LogP contribution is 2.10. The maximum absolute atomic E-state index is 11.9. The third-order valence-corrected chi connectivity index (χ3v) is 4.00. The van der Waals surface area contributed by atoms with Crippen molar-refractivity contribution in [2.75, 3.05) is 13.2 Å². The van der Waals surface area contributed by atoms with Crippen LogP contribution in [0, 0.1) is 0 Å². The Balaban J connectivity index is 2.31. The van der Waals surface area contributed by atoms with Crippen LogP contribution in [0.25, 0.3) is 0 Å². The topological polar surface area (TPSA) is 97.2 Å². The third-order valence-electron chi connectivity index (χ3n) is 2.56. The molecule has 0 bridgehead atoms. The van der Waals surface area contributed by atoms with Gasteiger partial charge in [0.2, 0.25) is 10.0 Å². The molecule has 0 radical (unpaired) electrons. The van der Waals surface area contributed by atoms with Gasteiger partial charge in [-0.05, 0) is 32.8 Å². The molecule has 0 unspecified atom stereocenters. The lowest BCUT2D eigenvalue weighted by Crippen LogP contribution is -2.24. The Kier molecular flexibility index (Phi) is 6.50. The van der Waals surface area contributed by atoms with E-state index in [4.69, 9.17) is 10.5 Å². The SMILES string of the molecule is CC(C)OCCCCNS(=O)(=O)c1c[nH]c(CN)c1. The number of hydrogen-bond acceptors (Lipinski definition) is 4. The molecule has 1 aromatic rings. The van der Waals surface area contributed by atoms with E-state index in [2.05, 4.69) is 9.71 Å². The first kappa shape index (κ1) is 16.2. The molecule has 19 heavy (non-hydrogen) atoms. The summed E-state index contributed by atoms with van der Waals surface area (Å²) in [7, 11) is -3.43. The average molecular weight is 289 g/mol. The van der Waals surface area contributed by atoms with Crippen LogP contribution in [0.4, 0.5) is 0 Å². The Morgan fingerprint density at radius 1 is 1.42 bits per heavy atom. The number of rotatable bonds is 9. The van der Waals surface area contributed by atoms with E-state index in [-0.39, 0.29) is 11.0 Å². The van der Waals surface area contributed by atoms with E-state index in [1.54, 1.807) is 6.07 Å². The van der Waals surface area contributed by atoms with E-state index < -0.39 is 10.0 Å². The predicted octanol–water partition coefficient (Wildman–Crippen LogP) is 0.957. The zero-order valence-electron chi connectivity index (χ0n) is 11.5. The minimum Gasteiger partial charge on any atom is -0.379 e. The number of nitrogens with one attached hydrogen (secondary N) is 2. The fourth-order valence-electron chi connectivity index (χ4n) is 1.53. The van der Waals surface area contributed by atoms with Gasteiger partial charge in [0.25, 0.3) is 0 Å². The number of hydrogen-bond donors (Lipinski definition) is 3. The van der Waals surface area contributed by atoms with Crippen molar-refractivity contribution in [1.29, 1.82) is 0 Å². The van der Waals surface area contributed by atoms with Crippen LogP contribution in [-0.2, 0) is 21.3 Å². The number of nitrogens with two attached hydrogens (primary N) is 1. The molecule has 0 aliphatic rings. The molecule has 0 fully saturated rings. The molecule has 6 nitrogen and oxygen atoms in total. The molecule has 1 rings (SSSR count). The minimum absolute atomic E-state index is 0.214. The van der Waals surface area contributed by atoms with E-state index in [0.717, 1.165) is 12.8 Å². The van der Waals surface area contributed by atoms with Gasteiger partial charge in [0.1, 0.15) is 0 Å². The monoisotopic (exact) mass is 289 g/mol. The Hall–Kier alpha value is -0.890. The molecule has 0 aliphatic carbocycles. The Bertz CT molecular complexity index is 468. The zero-order chi connectivity index (χ0) is 14.3. The highest BCUT2D eigenvalue weighted by molar-refractivity contribution is 7.89. The van der Waals surface area contributed by atoms with Crippen LogP contribution in [0.3, 0.4) is 0 Å². The second-order valence-electron chi connectivity index (χ2n) is 4.59. The highest BCUT2D eigenvalue weighted by atomic mass is 32.2. The molecule has 0 amide bonds. The van der Waals surface area contributed by atoms with Gasteiger partial charge >= 0.3 is 0 Å². The summed E-state index contributed by atoms with van der Waals surface area (Å²) in [5.41, 5.74) is 6.13. The van der Waals surface area contributed by atoms with Gasteiger partial charge in [-0.25, -0.2) is 13.1 Å². The van der Waals surface area contributed by atoms with Gasteiger partial charge in [-0.15, -0.1) is 0 Å². The Labute approximate surface area is 114 Å². The average Bonchev–Trinajstić information content (AvgIpc) is 2.82. The first-order valence-corrected chi connectivity index (χ1v) is 7.92. The van der Waals surface area contributed by atoms with E-state index in [1.807, 2.05) is 13.8 Å². The summed E-state index contributed by atoms with van der Waals surface area (Å²) >= 11 is 0. The van der Waals surface area contributed by atoms with Gasteiger partial charge in [0, 0.05) is 31.6 Å². The van der Waals surface area contributed by atoms with Crippen molar-refractivity contribution in [3.8, 4) is 0 Å². The lowest BCUT2D eigenvalue weighted by Gasteiger charge is -2.07.